The number of aliphatic imine (C=N–C) groups is 2. The molecule has 5 heteroatoms. The van der Waals surface area contributed by atoms with Crippen molar-refractivity contribution in [2.45, 2.75) is 6.92 Å². The number of hydrogen-bond donors (Lipinski definition) is 1. The molecule has 244 valence electrons. The number of nitrogens with zero attached hydrogens (tertiary/aromatic N) is 4. The summed E-state index contributed by atoms with van der Waals surface area (Å²) in [6, 6.07) is 60.1. The number of fused-ring (bicyclic) bond motifs is 6. The number of para-hydroxylation sites is 4. The zero-order valence-corrected chi connectivity index (χ0v) is 28.2. The van der Waals surface area contributed by atoms with Gasteiger partial charge in [0, 0.05) is 44.0 Å². The molecule has 0 unspecified atom stereocenters. The van der Waals surface area contributed by atoms with E-state index < -0.39 is 0 Å². The minimum absolute atomic E-state index is 0.112. The van der Waals surface area contributed by atoms with Gasteiger partial charge in [-0.1, -0.05) is 139 Å². The Bertz CT molecular complexity index is 2490. The zero-order chi connectivity index (χ0) is 34.7. The lowest BCUT2D eigenvalue weighted by Crippen LogP contribution is -2.07. The van der Waals surface area contributed by atoms with E-state index in [1.165, 1.54) is 27.1 Å². The molecular formula is C46H35N5. The molecule has 0 fully saturated rings. The quantitative estimate of drug-likeness (QED) is 0.145. The topological polar surface area (TPSA) is 58.4 Å². The number of nitrogens with one attached hydrogen (secondary N) is 1. The first-order valence-corrected chi connectivity index (χ1v) is 16.9. The van der Waals surface area contributed by atoms with Crippen LogP contribution in [0.3, 0.4) is 0 Å². The molecule has 9 aromatic rings. The first kappa shape index (κ1) is 31.4. The van der Waals surface area contributed by atoms with E-state index >= 15 is 0 Å². The third-order valence-electron chi connectivity index (χ3n) is 9.19. The Morgan fingerprint density at radius 2 is 0.843 bits per heavy atom. The SMILES string of the molecule is C=NC(=NC(=N)c1cc(-n2c3ccccc3c3ccccc32)cc(-n2c3ccccc3c3ccccc32)c1)c1ccccc1.Cc1ccccc1. The van der Waals surface area contributed by atoms with Crippen LogP contribution in [0.25, 0.3) is 55.0 Å². The van der Waals surface area contributed by atoms with E-state index in [-0.39, 0.29) is 5.84 Å². The third-order valence-corrected chi connectivity index (χ3v) is 9.19. The second kappa shape index (κ2) is 13.6. The Morgan fingerprint density at radius 3 is 1.22 bits per heavy atom. The molecule has 0 spiro atoms. The number of aromatic nitrogens is 2. The molecule has 0 bridgehead atoms. The normalized spacial score (nSPS) is 11.5. The van der Waals surface area contributed by atoms with Crippen LogP contribution in [0, 0.1) is 12.3 Å². The van der Waals surface area contributed by atoms with E-state index in [0.29, 0.717) is 11.4 Å². The summed E-state index contributed by atoms with van der Waals surface area (Å²) >= 11 is 0. The van der Waals surface area contributed by atoms with Crippen LogP contribution in [0.1, 0.15) is 16.7 Å². The smallest absolute Gasteiger partial charge is 0.161 e. The molecule has 0 atom stereocenters. The molecule has 0 aliphatic heterocycles. The summed E-state index contributed by atoms with van der Waals surface area (Å²) in [6.07, 6.45) is 0. The van der Waals surface area contributed by atoms with Crippen LogP contribution in [0.15, 0.2) is 186 Å². The Balaban J connectivity index is 0.000000480. The van der Waals surface area contributed by atoms with Crippen molar-refractivity contribution >= 4 is 62.0 Å². The second-order valence-electron chi connectivity index (χ2n) is 12.4. The molecule has 0 aliphatic carbocycles. The lowest BCUT2D eigenvalue weighted by atomic mass is 10.1. The summed E-state index contributed by atoms with van der Waals surface area (Å²) in [5.41, 5.74) is 9.13. The molecule has 0 aliphatic rings. The minimum atomic E-state index is 0.112. The van der Waals surface area contributed by atoms with Crippen LogP contribution >= 0.6 is 0 Å². The average Bonchev–Trinajstić information content (AvgIpc) is 3.71. The summed E-state index contributed by atoms with van der Waals surface area (Å²) in [7, 11) is 0. The first-order valence-electron chi connectivity index (χ1n) is 16.9. The average molecular weight is 658 g/mol. The molecule has 0 radical (unpaired) electrons. The Labute approximate surface area is 296 Å². The molecule has 7 aromatic carbocycles. The highest BCUT2D eigenvalue weighted by Gasteiger charge is 2.18. The zero-order valence-electron chi connectivity index (χ0n) is 28.2. The van der Waals surface area contributed by atoms with Crippen LogP contribution in [-0.2, 0) is 0 Å². The van der Waals surface area contributed by atoms with E-state index in [0.717, 1.165) is 39.0 Å². The molecular weight excluding hydrogens is 623 g/mol. The number of benzene rings is 7. The predicted molar refractivity (Wildman–Crippen MR) is 216 cm³/mol. The fourth-order valence-corrected chi connectivity index (χ4v) is 6.87. The first-order chi connectivity index (χ1) is 25.1. The summed E-state index contributed by atoms with van der Waals surface area (Å²) in [6.45, 7) is 5.83. The standard InChI is InChI=1S/C39H27N5.C7H8/c1-41-39(26-13-3-2-4-14-26)42-38(40)27-23-28(43-34-19-9-5-15-30(34)31-16-6-10-20-35(31)43)25-29(24-27)44-36-21-11-7-17-32(36)33-18-8-12-22-37(33)44;1-7-5-3-2-4-6-7/h2-25,40H,1H2;2-6H,1H3. The van der Waals surface area contributed by atoms with Crippen LogP contribution in [0.4, 0.5) is 0 Å². The minimum Gasteiger partial charge on any atom is -0.309 e. The Kier molecular flexibility index (Phi) is 8.36. The van der Waals surface area contributed by atoms with Gasteiger partial charge < -0.3 is 9.13 Å². The van der Waals surface area contributed by atoms with Crippen LogP contribution in [0.2, 0.25) is 0 Å². The molecule has 0 amide bonds. The monoisotopic (exact) mass is 657 g/mol. The van der Waals surface area contributed by atoms with Crippen molar-refractivity contribution in [1.82, 2.24) is 9.13 Å². The highest BCUT2D eigenvalue weighted by atomic mass is 15.0. The molecule has 0 saturated heterocycles. The van der Waals surface area contributed by atoms with Gasteiger partial charge >= 0.3 is 0 Å². The van der Waals surface area contributed by atoms with Gasteiger partial charge in [0.1, 0.15) is 0 Å². The van der Waals surface area contributed by atoms with Gasteiger partial charge in [-0.15, -0.1) is 0 Å². The van der Waals surface area contributed by atoms with Crippen molar-refractivity contribution in [2.24, 2.45) is 9.98 Å². The van der Waals surface area contributed by atoms with Crippen LogP contribution in [0.5, 0.6) is 0 Å². The highest BCUT2D eigenvalue weighted by molar-refractivity contribution is 6.13. The third kappa shape index (κ3) is 5.91. The number of hydrogen-bond acceptors (Lipinski definition) is 1. The molecule has 0 saturated carbocycles. The van der Waals surface area contributed by atoms with E-state index in [1.54, 1.807) is 0 Å². The fourth-order valence-electron chi connectivity index (χ4n) is 6.87. The maximum absolute atomic E-state index is 9.22. The number of aryl methyl sites for hydroxylation is 1. The van der Waals surface area contributed by atoms with Crippen molar-refractivity contribution < 1.29 is 0 Å². The molecule has 2 heterocycles. The van der Waals surface area contributed by atoms with Gasteiger partial charge in [0.05, 0.1) is 22.1 Å². The molecule has 2 aromatic heterocycles. The number of rotatable bonds is 4. The predicted octanol–water partition coefficient (Wildman–Crippen LogP) is 11.3. The fraction of sp³-hybridized carbons (Fsp3) is 0.0217. The lowest BCUT2D eigenvalue weighted by molar-refractivity contribution is 1.13. The maximum Gasteiger partial charge on any atom is 0.161 e. The van der Waals surface area contributed by atoms with Gasteiger partial charge in [0.15, 0.2) is 11.7 Å². The maximum atomic E-state index is 9.22. The van der Waals surface area contributed by atoms with Gasteiger partial charge in [-0.2, -0.15) is 0 Å². The molecule has 9 rings (SSSR count). The summed E-state index contributed by atoms with van der Waals surface area (Å²) < 4.78 is 4.57. The van der Waals surface area contributed by atoms with Crippen molar-refractivity contribution in [2.75, 3.05) is 0 Å². The van der Waals surface area contributed by atoms with E-state index in [2.05, 4.69) is 148 Å². The Morgan fingerprint density at radius 1 is 0.471 bits per heavy atom. The van der Waals surface area contributed by atoms with Gasteiger partial charge in [0.25, 0.3) is 0 Å². The van der Waals surface area contributed by atoms with Crippen LogP contribution in [-0.4, -0.2) is 27.5 Å². The summed E-state index contributed by atoms with van der Waals surface area (Å²) in [5, 5.41) is 13.9. The van der Waals surface area contributed by atoms with Gasteiger partial charge in [0.2, 0.25) is 0 Å². The van der Waals surface area contributed by atoms with Gasteiger partial charge in [-0.25, -0.2) is 9.98 Å². The van der Waals surface area contributed by atoms with Gasteiger partial charge in [-0.3, -0.25) is 5.41 Å². The highest BCUT2D eigenvalue weighted by Crippen LogP contribution is 2.36. The Hall–Kier alpha value is -6.85. The lowest BCUT2D eigenvalue weighted by Gasteiger charge is -2.15. The second-order valence-corrected chi connectivity index (χ2v) is 12.4. The van der Waals surface area contributed by atoms with E-state index in [4.69, 9.17) is 0 Å². The van der Waals surface area contributed by atoms with Crippen LogP contribution < -0.4 is 0 Å². The van der Waals surface area contributed by atoms with Crippen molar-refractivity contribution in [3.63, 3.8) is 0 Å². The van der Waals surface area contributed by atoms with Gasteiger partial charge in [-0.05, 0) is 56.1 Å². The van der Waals surface area contributed by atoms with Crippen molar-refractivity contribution in [3.05, 3.63) is 193 Å². The number of amidine groups is 2. The van der Waals surface area contributed by atoms with Crippen molar-refractivity contribution in [1.29, 1.82) is 5.41 Å². The molecule has 1 N–H and O–H groups in total. The summed E-state index contributed by atoms with van der Waals surface area (Å²) in [4.78, 5) is 8.86. The largest absolute Gasteiger partial charge is 0.309 e. The van der Waals surface area contributed by atoms with E-state index in [9.17, 15) is 5.41 Å². The summed E-state index contributed by atoms with van der Waals surface area (Å²) in [5.74, 6) is 0.525. The van der Waals surface area contributed by atoms with E-state index in [1.807, 2.05) is 60.7 Å². The molecule has 51 heavy (non-hydrogen) atoms. The van der Waals surface area contributed by atoms with Crippen molar-refractivity contribution in [3.8, 4) is 11.4 Å². The molecule has 5 nitrogen and oxygen atoms in total.